The van der Waals surface area contributed by atoms with E-state index in [9.17, 15) is 5.11 Å². The largest absolute Gasteiger partial charge is 0.392 e. The van der Waals surface area contributed by atoms with Crippen LogP contribution in [-0.4, -0.2) is 31.9 Å². The first-order chi connectivity index (χ1) is 10.7. The second kappa shape index (κ2) is 6.78. The number of benzene rings is 2. The van der Waals surface area contributed by atoms with Crippen LogP contribution in [0.15, 0.2) is 60.7 Å². The molecule has 2 nitrogen and oxygen atoms in total. The fraction of sp³-hybridized carbons (Fsp3) is 0.368. The summed E-state index contributed by atoms with van der Waals surface area (Å²) in [6.45, 7) is 3.42. The Morgan fingerprint density at radius 3 is 2.05 bits per heavy atom. The SMILES string of the molecule is C[Si](C[C@H](O)[C@@H]1CCCN1)(c1ccccc1)c1ccccc1. The molecule has 0 radical (unpaired) electrons. The first-order valence-corrected chi connectivity index (χ1v) is 10.9. The van der Waals surface area contributed by atoms with Gasteiger partial charge in [-0.05, 0) is 25.4 Å². The van der Waals surface area contributed by atoms with Crippen molar-refractivity contribution < 1.29 is 5.11 Å². The van der Waals surface area contributed by atoms with Crippen molar-refractivity contribution in [3.05, 3.63) is 60.7 Å². The van der Waals surface area contributed by atoms with E-state index in [2.05, 4.69) is 72.5 Å². The molecule has 2 atom stereocenters. The third-order valence-electron chi connectivity index (χ3n) is 5.00. The van der Waals surface area contributed by atoms with Gasteiger partial charge in [0.05, 0.1) is 6.10 Å². The summed E-state index contributed by atoms with van der Waals surface area (Å²) >= 11 is 0. The summed E-state index contributed by atoms with van der Waals surface area (Å²) in [5, 5.41) is 17.0. The van der Waals surface area contributed by atoms with E-state index in [-0.39, 0.29) is 12.1 Å². The minimum Gasteiger partial charge on any atom is -0.392 e. The van der Waals surface area contributed by atoms with E-state index in [0.717, 1.165) is 19.0 Å². The predicted molar refractivity (Wildman–Crippen MR) is 95.6 cm³/mol. The van der Waals surface area contributed by atoms with E-state index in [4.69, 9.17) is 0 Å². The summed E-state index contributed by atoms with van der Waals surface area (Å²) in [7, 11) is -1.92. The molecule has 3 heteroatoms. The molecule has 116 valence electrons. The zero-order chi connectivity index (χ0) is 15.4. The van der Waals surface area contributed by atoms with Gasteiger partial charge in [0, 0.05) is 6.04 Å². The van der Waals surface area contributed by atoms with Gasteiger partial charge in [-0.15, -0.1) is 0 Å². The zero-order valence-electron chi connectivity index (χ0n) is 13.2. The molecular formula is C19H25NOSi. The van der Waals surface area contributed by atoms with Gasteiger partial charge in [0.1, 0.15) is 8.07 Å². The lowest BCUT2D eigenvalue weighted by Crippen LogP contribution is -2.58. The minimum absolute atomic E-state index is 0.263. The molecule has 0 amide bonds. The normalized spacial score (nSPS) is 20.0. The highest BCUT2D eigenvalue weighted by Crippen LogP contribution is 2.20. The second-order valence-corrected chi connectivity index (χ2v) is 10.8. The van der Waals surface area contributed by atoms with Crippen LogP contribution in [0.4, 0.5) is 0 Å². The summed E-state index contributed by atoms with van der Waals surface area (Å²) < 4.78 is 0. The molecule has 0 aliphatic carbocycles. The van der Waals surface area contributed by atoms with Crippen molar-refractivity contribution in [3.63, 3.8) is 0 Å². The molecule has 1 aliphatic heterocycles. The van der Waals surface area contributed by atoms with Crippen molar-refractivity contribution in [1.29, 1.82) is 0 Å². The van der Waals surface area contributed by atoms with Gasteiger partial charge < -0.3 is 10.4 Å². The van der Waals surface area contributed by atoms with Crippen LogP contribution in [0.25, 0.3) is 0 Å². The standard InChI is InChI=1S/C19H25NOSi/c1-22(16-9-4-2-5-10-16,17-11-6-3-7-12-17)15-19(21)18-13-8-14-20-18/h2-7,9-12,18-21H,8,13-15H2,1H3/t18-,19-/m0/s1. The van der Waals surface area contributed by atoms with Crippen LogP contribution in [0, 0.1) is 0 Å². The molecule has 1 saturated heterocycles. The van der Waals surface area contributed by atoms with Gasteiger partial charge in [-0.1, -0.05) is 77.6 Å². The third-order valence-corrected chi connectivity index (χ3v) is 9.45. The third kappa shape index (κ3) is 3.17. The fourth-order valence-electron chi connectivity index (χ4n) is 3.61. The number of nitrogens with one attached hydrogen (secondary N) is 1. The van der Waals surface area contributed by atoms with Crippen molar-refractivity contribution in [1.82, 2.24) is 5.32 Å². The van der Waals surface area contributed by atoms with Crippen molar-refractivity contribution in [2.45, 2.75) is 37.6 Å². The molecule has 22 heavy (non-hydrogen) atoms. The molecule has 0 spiro atoms. The number of aliphatic hydroxyl groups excluding tert-OH is 1. The highest BCUT2D eigenvalue weighted by atomic mass is 28.3. The molecule has 1 aliphatic rings. The Labute approximate surface area is 134 Å². The molecule has 0 unspecified atom stereocenters. The smallest absolute Gasteiger partial charge is 0.117 e. The van der Waals surface area contributed by atoms with Crippen LogP contribution in [0.5, 0.6) is 0 Å². The first-order valence-electron chi connectivity index (χ1n) is 8.23. The first kappa shape index (κ1) is 15.5. The summed E-state index contributed by atoms with van der Waals surface area (Å²) in [5.41, 5.74) is 0. The van der Waals surface area contributed by atoms with Gasteiger partial charge in [0.25, 0.3) is 0 Å². The minimum atomic E-state index is -1.92. The molecule has 2 aromatic carbocycles. The molecule has 0 aromatic heterocycles. The molecule has 1 fully saturated rings. The van der Waals surface area contributed by atoms with Crippen LogP contribution < -0.4 is 15.7 Å². The van der Waals surface area contributed by atoms with Crippen LogP contribution in [0.1, 0.15) is 12.8 Å². The highest BCUT2D eigenvalue weighted by Gasteiger charge is 2.36. The van der Waals surface area contributed by atoms with Crippen molar-refractivity contribution in [3.8, 4) is 0 Å². The fourth-order valence-corrected chi connectivity index (χ4v) is 7.40. The van der Waals surface area contributed by atoms with Crippen LogP contribution >= 0.6 is 0 Å². The van der Waals surface area contributed by atoms with Crippen LogP contribution in [-0.2, 0) is 0 Å². The van der Waals surface area contributed by atoms with E-state index >= 15 is 0 Å². The predicted octanol–water partition coefficient (Wildman–Crippen LogP) is 1.99. The Kier molecular flexibility index (Phi) is 4.77. The van der Waals surface area contributed by atoms with E-state index in [0.29, 0.717) is 0 Å². The number of hydrogen-bond acceptors (Lipinski definition) is 2. The van der Waals surface area contributed by atoms with Gasteiger partial charge in [0.2, 0.25) is 0 Å². The van der Waals surface area contributed by atoms with Crippen molar-refractivity contribution in [2.24, 2.45) is 0 Å². The average molecular weight is 312 g/mol. The summed E-state index contributed by atoms with van der Waals surface area (Å²) in [6, 6.07) is 22.7. The van der Waals surface area contributed by atoms with Crippen LogP contribution in [0.2, 0.25) is 12.6 Å². The maximum absolute atomic E-state index is 10.8. The van der Waals surface area contributed by atoms with Gasteiger partial charge in [-0.3, -0.25) is 0 Å². The monoisotopic (exact) mass is 311 g/mol. The molecule has 2 aromatic rings. The number of hydrogen-bond donors (Lipinski definition) is 2. The lowest BCUT2D eigenvalue weighted by atomic mass is 10.1. The van der Waals surface area contributed by atoms with Gasteiger partial charge in [-0.2, -0.15) is 0 Å². The van der Waals surface area contributed by atoms with E-state index < -0.39 is 8.07 Å². The van der Waals surface area contributed by atoms with Crippen LogP contribution in [0.3, 0.4) is 0 Å². The Hall–Kier alpha value is -1.42. The lowest BCUT2D eigenvalue weighted by Gasteiger charge is -2.33. The highest BCUT2D eigenvalue weighted by molar-refractivity contribution is 7.01. The van der Waals surface area contributed by atoms with Crippen molar-refractivity contribution in [2.75, 3.05) is 6.54 Å². The lowest BCUT2D eigenvalue weighted by molar-refractivity contribution is 0.153. The quantitative estimate of drug-likeness (QED) is 0.828. The average Bonchev–Trinajstić information content (AvgIpc) is 3.11. The maximum Gasteiger partial charge on any atom is 0.117 e. The maximum atomic E-state index is 10.8. The Balaban J connectivity index is 1.93. The molecule has 0 bridgehead atoms. The summed E-state index contributed by atoms with van der Waals surface area (Å²) in [6.07, 6.45) is 2.01. The topological polar surface area (TPSA) is 32.3 Å². The molecule has 2 N–H and O–H groups in total. The van der Waals surface area contributed by atoms with Gasteiger partial charge >= 0.3 is 0 Å². The Morgan fingerprint density at radius 2 is 1.59 bits per heavy atom. The Bertz CT molecular complexity index is 541. The van der Waals surface area contributed by atoms with Gasteiger partial charge in [-0.25, -0.2) is 0 Å². The summed E-state index contributed by atoms with van der Waals surface area (Å²) in [4.78, 5) is 0. The molecule has 0 saturated carbocycles. The zero-order valence-corrected chi connectivity index (χ0v) is 14.2. The molecular weight excluding hydrogens is 286 g/mol. The van der Waals surface area contributed by atoms with E-state index in [1.54, 1.807) is 0 Å². The van der Waals surface area contributed by atoms with E-state index in [1.165, 1.54) is 16.8 Å². The Morgan fingerprint density at radius 1 is 1.05 bits per heavy atom. The van der Waals surface area contributed by atoms with Gasteiger partial charge in [0.15, 0.2) is 0 Å². The van der Waals surface area contributed by atoms with Crippen molar-refractivity contribution >= 4 is 18.4 Å². The van der Waals surface area contributed by atoms with E-state index in [1.807, 2.05) is 0 Å². The molecule has 1 heterocycles. The summed E-state index contributed by atoms with van der Waals surface area (Å²) in [5.74, 6) is 0. The molecule has 3 rings (SSSR count). The number of aliphatic hydroxyl groups is 1. The number of rotatable bonds is 5. The second-order valence-electron chi connectivity index (χ2n) is 6.54.